The number of fused-ring (bicyclic) bond motifs is 1. The van der Waals surface area contributed by atoms with Crippen LogP contribution < -0.4 is 4.74 Å². The number of nitrogens with zero attached hydrogens (tertiary/aromatic N) is 1. The summed E-state index contributed by atoms with van der Waals surface area (Å²) in [7, 11) is 1.20. The highest BCUT2D eigenvalue weighted by molar-refractivity contribution is 6.43. The van der Waals surface area contributed by atoms with Crippen LogP contribution in [0.1, 0.15) is 24.2 Å². The zero-order valence-electron chi connectivity index (χ0n) is 16.2. The third-order valence-corrected chi connectivity index (χ3v) is 4.27. The van der Waals surface area contributed by atoms with Crippen molar-refractivity contribution in [2.45, 2.75) is 13.8 Å². The molecule has 0 aromatic heterocycles. The van der Waals surface area contributed by atoms with Gasteiger partial charge in [0.15, 0.2) is 0 Å². The number of carbonyl (C=O) groups is 2. The smallest absolute Gasteiger partial charge is 0.379 e. The molecule has 0 bridgehead atoms. The van der Waals surface area contributed by atoms with Crippen molar-refractivity contribution < 1.29 is 23.8 Å². The van der Waals surface area contributed by atoms with E-state index in [1.165, 1.54) is 7.11 Å². The zero-order valence-corrected chi connectivity index (χ0v) is 16.2. The van der Waals surface area contributed by atoms with Crippen LogP contribution in [0.2, 0.25) is 0 Å². The second-order valence-electron chi connectivity index (χ2n) is 5.78. The molecule has 146 valence electrons. The average Bonchev–Trinajstić information content (AvgIpc) is 2.75. The Morgan fingerprint density at radius 2 is 1.70 bits per heavy atom. The topological polar surface area (TPSA) is 65.1 Å². The molecule has 6 nitrogen and oxygen atoms in total. The Labute approximate surface area is 160 Å². The van der Waals surface area contributed by atoms with Crippen molar-refractivity contribution >= 4 is 22.5 Å². The number of rotatable bonds is 6. The minimum absolute atomic E-state index is 0.322. The van der Waals surface area contributed by atoms with Gasteiger partial charge in [0.05, 0.1) is 20.3 Å². The predicted octanol–water partition coefficient (Wildman–Crippen LogP) is 2.93. The normalized spacial score (nSPS) is 14.2. The molecule has 1 heterocycles. The zero-order chi connectivity index (χ0) is 19.6. The van der Waals surface area contributed by atoms with E-state index >= 15 is 0 Å². The van der Waals surface area contributed by atoms with E-state index in [0.717, 1.165) is 38.2 Å². The highest BCUT2D eigenvalue weighted by Crippen LogP contribution is 2.29. The SMILES string of the molecule is CC.COC(=O)C(=O)c1ccc(OCCN2CCOCC2)c2ccccc12. The summed E-state index contributed by atoms with van der Waals surface area (Å²) in [6, 6.07) is 10.7. The fourth-order valence-electron chi connectivity index (χ4n) is 2.91. The molecule has 27 heavy (non-hydrogen) atoms. The van der Waals surface area contributed by atoms with Gasteiger partial charge in [0.1, 0.15) is 12.4 Å². The molecule has 0 saturated carbocycles. The molecule has 1 saturated heterocycles. The second kappa shape index (κ2) is 10.6. The van der Waals surface area contributed by atoms with Crippen molar-refractivity contribution in [2.24, 2.45) is 0 Å². The van der Waals surface area contributed by atoms with Crippen molar-refractivity contribution in [3.8, 4) is 5.75 Å². The largest absolute Gasteiger partial charge is 0.492 e. The summed E-state index contributed by atoms with van der Waals surface area (Å²) in [6.07, 6.45) is 0. The third kappa shape index (κ3) is 5.28. The van der Waals surface area contributed by atoms with Crippen LogP contribution in [0.25, 0.3) is 10.8 Å². The first kappa shape index (κ1) is 20.9. The Hall–Kier alpha value is -2.44. The van der Waals surface area contributed by atoms with E-state index in [0.29, 0.717) is 23.3 Å². The van der Waals surface area contributed by atoms with Gasteiger partial charge in [0, 0.05) is 30.6 Å². The molecule has 0 unspecified atom stereocenters. The average molecular weight is 373 g/mol. The maximum absolute atomic E-state index is 12.2. The lowest BCUT2D eigenvalue weighted by Gasteiger charge is -2.26. The number of hydrogen-bond donors (Lipinski definition) is 0. The summed E-state index contributed by atoms with van der Waals surface area (Å²) < 4.78 is 15.8. The van der Waals surface area contributed by atoms with Gasteiger partial charge in [-0.2, -0.15) is 0 Å². The molecule has 6 heteroatoms. The van der Waals surface area contributed by atoms with Gasteiger partial charge >= 0.3 is 5.97 Å². The second-order valence-corrected chi connectivity index (χ2v) is 5.78. The summed E-state index contributed by atoms with van der Waals surface area (Å²) in [5, 5.41) is 1.49. The highest BCUT2D eigenvalue weighted by atomic mass is 16.5. The molecule has 1 aliphatic heterocycles. The highest BCUT2D eigenvalue weighted by Gasteiger charge is 2.20. The number of ether oxygens (including phenoxy) is 3. The van der Waals surface area contributed by atoms with Gasteiger partial charge in [-0.1, -0.05) is 38.1 Å². The van der Waals surface area contributed by atoms with Crippen molar-refractivity contribution in [1.82, 2.24) is 4.90 Å². The van der Waals surface area contributed by atoms with Crippen LogP contribution in [0.4, 0.5) is 0 Å². The van der Waals surface area contributed by atoms with E-state index in [-0.39, 0.29) is 0 Å². The van der Waals surface area contributed by atoms with Gasteiger partial charge in [0.2, 0.25) is 0 Å². The van der Waals surface area contributed by atoms with Gasteiger partial charge < -0.3 is 14.2 Å². The number of benzene rings is 2. The molecule has 2 aromatic rings. The Morgan fingerprint density at radius 1 is 1.04 bits per heavy atom. The summed E-state index contributed by atoms with van der Waals surface area (Å²) in [4.78, 5) is 26.0. The van der Waals surface area contributed by atoms with Crippen LogP contribution in [-0.2, 0) is 14.3 Å². The Kier molecular flexibility index (Phi) is 8.23. The molecule has 0 N–H and O–H groups in total. The predicted molar refractivity (Wildman–Crippen MR) is 104 cm³/mol. The van der Waals surface area contributed by atoms with E-state index in [1.807, 2.05) is 32.0 Å². The fourth-order valence-corrected chi connectivity index (χ4v) is 2.91. The summed E-state index contributed by atoms with van der Waals surface area (Å²) in [5.74, 6) is -0.824. The van der Waals surface area contributed by atoms with Crippen LogP contribution in [0, 0.1) is 0 Å². The number of Topliss-reactive ketones (excluding diaryl/α,β-unsaturated/α-hetero) is 1. The molecule has 0 spiro atoms. The lowest BCUT2D eigenvalue weighted by atomic mass is 10.0. The van der Waals surface area contributed by atoms with Gasteiger partial charge in [-0.15, -0.1) is 0 Å². The van der Waals surface area contributed by atoms with Gasteiger partial charge in [-0.3, -0.25) is 9.69 Å². The number of ketones is 1. The first-order valence-electron chi connectivity index (χ1n) is 9.28. The molecule has 0 atom stereocenters. The number of hydrogen-bond acceptors (Lipinski definition) is 6. The van der Waals surface area contributed by atoms with Crippen LogP contribution in [0.15, 0.2) is 36.4 Å². The lowest BCUT2D eigenvalue weighted by molar-refractivity contribution is -0.135. The number of esters is 1. The molecular formula is C21H27NO5. The Bertz CT molecular complexity index is 768. The van der Waals surface area contributed by atoms with Crippen molar-refractivity contribution in [2.75, 3.05) is 46.6 Å². The van der Waals surface area contributed by atoms with Crippen LogP contribution in [0.3, 0.4) is 0 Å². The van der Waals surface area contributed by atoms with Gasteiger partial charge in [-0.05, 0) is 17.5 Å². The molecule has 0 aliphatic carbocycles. The quantitative estimate of drug-likeness (QED) is 0.441. The van der Waals surface area contributed by atoms with E-state index in [1.54, 1.807) is 18.2 Å². The minimum Gasteiger partial charge on any atom is -0.492 e. The Balaban J connectivity index is 0.00000126. The number of morpholine rings is 1. The molecule has 3 rings (SSSR count). The summed E-state index contributed by atoms with van der Waals surface area (Å²) in [5.41, 5.74) is 0.322. The van der Waals surface area contributed by atoms with E-state index < -0.39 is 11.8 Å². The van der Waals surface area contributed by atoms with Crippen LogP contribution >= 0.6 is 0 Å². The maximum Gasteiger partial charge on any atom is 0.379 e. The molecule has 0 amide bonds. The van der Waals surface area contributed by atoms with Gasteiger partial charge in [0.25, 0.3) is 5.78 Å². The summed E-state index contributed by atoms with van der Waals surface area (Å²) >= 11 is 0. The van der Waals surface area contributed by atoms with Crippen molar-refractivity contribution in [1.29, 1.82) is 0 Å². The summed E-state index contributed by atoms with van der Waals surface area (Å²) in [6.45, 7) is 8.71. The van der Waals surface area contributed by atoms with Crippen molar-refractivity contribution in [3.63, 3.8) is 0 Å². The van der Waals surface area contributed by atoms with E-state index in [9.17, 15) is 9.59 Å². The first-order chi connectivity index (χ1) is 13.2. The molecule has 0 radical (unpaired) electrons. The van der Waals surface area contributed by atoms with E-state index in [4.69, 9.17) is 9.47 Å². The fraction of sp³-hybridized carbons (Fsp3) is 0.429. The number of carbonyl (C=O) groups excluding carboxylic acids is 2. The monoisotopic (exact) mass is 373 g/mol. The maximum atomic E-state index is 12.2. The van der Waals surface area contributed by atoms with Crippen LogP contribution in [0.5, 0.6) is 5.75 Å². The standard InChI is InChI=1S/C19H21NO5.C2H6/c1-23-19(22)18(21)16-6-7-17(15-5-3-2-4-14(15)16)25-13-10-20-8-11-24-12-9-20;1-2/h2-7H,8-13H2,1H3;1-2H3. The van der Waals surface area contributed by atoms with Gasteiger partial charge in [-0.25, -0.2) is 4.79 Å². The molecule has 2 aromatic carbocycles. The van der Waals surface area contributed by atoms with Crippen LogP contribution in [-0.4, -0.2) is 63.2 Å². The molecule has 1 aliphatic rings. The minimum atomic E-state index is -0.869. The first-order valence-corrected chi connectivity index (χ1v) is 9.28. The van der Waals surface area contributed by atoms with E-state index in [2.05, 4.69) is 9.64 Å². The third-order valence-electron chi connectivity index (χ3n) is 4.27. The molecule has 1 fully saturated rings. The number of methoxy groups -OCH3 is 1. The Morgan fingerprint density at radius 3 is 2.37 bits per heavy atom. The lowest BCUT2D eigenvalue weighted by Crippen LogP contribution is -2.38. The van der Waals surface area contributed by atoms with Crippen molar-refractivity contribution in [3.05, 3.63) is 42.0 Å². The molecular weight excluding hydrogens is 346 g/mol.